The van der Waals surface area contributed by atoms with E-state index in [1.807, 2.05) is 26.0 Å². The Bertz CT molecular complexity index is 584. The highest BCUT2D eigenvalue weighted by molar-refractivity contribution is 7.90. The number of carbonyl (C=O) groups is 1. The standard InChI is InChI=1S/C14H22N2O4S/c1-11(2)12-7-5-6-8-13(12)15-21(18,19)16(3)10-9-14(17)20-4/h5-8,11,15H,9-10H2,1-4H3. The molecule has 0 aliphatic heterocycles. The lowest BCUT2D eigenvalue weighted by atomic mass is 10.0. The lowest BCUT2D eigenvalue weighted by Gasteiger charge is -2.20. The predicted octanol–water partition coefficient (Wildman–Crippen LogP) is 1.96. The summed E-state index contributed by atoms with van der Waals surface area (Å²) < 4.78 is 32.6. The van der Waals surface area contributed by atoms with Crippen molar-refractivity contribution in [3.8, 4) is 0 Å². The molecule has 0 heterocycles. The van der Waals surface area contributed by atoms with Gasteiger partial charge in [-0.1, -0.05) is 32.0 Å². The van der Waals surface area contributed by atoms with Crippen LogP contribution in [-0.2, 0) is 19.7 Å². The van der Waals surface area contributed by atoms with Crippen molar-refractivity contribution >= 4 is 21.9 Å². The molecule has 21 heavy (non-hydrogen) atoms. The Morgan fingerprint density at radius 1 is 1.33 bits per heavy atom. The third-order valence-electron chi connectivity index (χ3n) is 3.09. The van der Waals surface area contributed by atoms with Crippen LogP contribution in [0.5, 0.6) is 0 Å². The van der Waals surface area contributed by atoms with Gasteiger partial charge in [0.1, 0.15) is 0 Å². The van der Waals surface area contributed by atoms with Gasteiger partial charge in [0.2, 0.25) is 0 Å². The van der Waals surface area contributed by atoms with E-state index in [4.69, 9.17) is 0 Å². The molecule has 6 nitrogen and oxygen atoms in total. The molecule has 0 aromatic heterocycles. The highest BCUT2D eigenvalue weighted by atomic mass is 32.2. The zero-order chi connectivity index (χ0) is 16.0. The molecule has 1 rings (SSSR count). The second-order valence-electron chi connectivity index (χ2n) is 5.00. The van der Waals surface area contributed by atoms with Gasteiger partial charge in [-0.25, -0.2) is 0 Å². The molecule has 0 amide bonds. The fourth-order valence-corrected chi connectivity index (χ4v) is 2.73. The highest BCUT2D eigenvalue weighted by Crippen LogP contribution is 2.24. The summed E-state index contributed by atoms with van der Waals surface area (Å²) >= 11 is 0. The summed E-state index contributed by atoms with van der Waals surface area (Å²) in [6.45, 7) is 4.05. The van der Waals surface area contributed by atoms with Crippen molar-refractivity contribution in [2.75, 3.05) is 25.4 Å². The molecular weight excluding hydrogens is 292 g/mol. The van der Waals surface area contributed by atoms with Crippen LogP contribution in [0.1, 0.15) is 31.7 Å². The maximum atomic E-state index is 12.2. The van der Waals surface area contributed by atoms with Crippen LogP contribution in [0.25, 0.3) is 0 Å². The molecular formula is C14H22N2O4S. The molecule has 0 aliphatic carbocycles. The molecule has 0 saturated heterocycles. The highest BCUT2D eigenvalue weighted by Gasteiger charge is 2.20. The van der Waals surface area contributed by atoms with Gasteiger partial charge in [0, 0.05) is 13.6 Å². The topological polar surface area (TPSA) is 75.7 Å². The number of nitrogens with one attached hydrogen (secondary N) is 1. The molecule has 1 N–H and O–H groups in total. The molecule has 0 spiro atoms. The number of para-hydroxylation sites is 1. The molecule has 0 radical (unpaired) electrons. The second-order valence-corrected chi connectivity index (χ2v) is 6.77. The minimum Gasteiger partial charge on any atom is -0.469 e. The van der Waals surface area contributed by atoms with Gasteiger partial charge in [-0.15, -0.1) is 0 Å². The van der Waals surface area contributed by atoms with Crippen molar-refractivity contribution in [2.24, 2.45) is 0 Å². The van der Waals surface area contributed by atoms with E-state index in [0.717, 1.165) is 9.87 Å². The third kappa shape index (κ3) is 5.02. The fourth-order valence-electron chi connectivity index (χ4n) is 1.78. The maximum Gasteiger partial charge on any atom is 0.306 e. The lowest BCUT2D eigenvalue weighted by molar-refractivity contribution is -0.140. The van der Waals surface area contributed by atoms with Gasteiger partial charge in [-0.3, -0.25) is 9.52 Å². The van der Waals surface area contributed by atoms with Gasteiger partial charge < -0.3 is 4.74 Å². The van der Waals surface area contributed by atoms with Crippen LogP contribution in [0.4, 0.5) is 5.69 Å². The predicted molar refractivity (Wildman–Crippen MR) is 82.3 cm³/mol. The van der Waals surface area contributed by atoms with Gasteiger partial charge in [0.25, 0.3) is 0 Å². The summed E-state index contributed by atoms with van der Waals surface area (Å²) in [6.07, 6.45) is 0.0136. The average Bonchev–Trinajstić information content (AvgIpc) is 2.44. The number of anilines is 1. The Morgan fingerprint density at radius 2 is 1.95 bits per heavy atom. The van der Waals surface area contributed by atoms with Crippen LogP contribution >= 0.6 is 0 Å². The molecule has 0 atom stereocenters. The summed E-state index contributed by atoms with van der Waals surface area (Å²) in [4.78, 5) is 11.1. The number of ether oxygens (including phenoxy) is 1. The Labute approximate surface area is 126 Å². The molecule has 0 saturated carbocycles. The number of methoxy groups -OCH3 is 1. The largest absolute Gasteiger partial charge is 0.469 e. The van der Waals surface area contributed by atoms with Crippen molar-refractivity contribution in [1.82, 2.24) is 4.31 Å². The maximum absolute atomic E-state index is 12.2. The van der Waals surface area contributed by atoms with Gasteiger partial charge in [0.05, 0.1) is 19.2 Å². The normalized spacial score (nSPS) is 11.7. The van der Waals surface area contributed by atoms with Crippen molar-refractivity contribution in [1.29, 1.82) is 0 Å². The minimum absolute atomic E-state index is 0.0136. The molecule has 0 bridgehead atoms. The van der Waals surface area contributed by atoms with Crippen molar-refractivity contribution in [3.63, 3.8) is 0 Å². The quantitative estimate of drug-likeness (QED) is 0.781. The number of hydrogen-bond acceptors (Lipinski definition) is 4. The van der Waals surface area contributed by atoms with Gasteiger partial charge in [0.15, 0.2) is 0 Å². The van der Waals surface area contributed by atoms with E-state index in [2.05, 4.69) is 9.46 Å². The van der Waals surface area contributed by atoms with E-state index in [-0.39, 0.29) is 18.9 Å². The number of benzene rings is 1. The van der Waals surface area contributed by atoms with Crippen LogP contribution in [0.2, 0.25) is 0 Å². The van der Waals surface area contributed by atoms with E-state index >= 15 is 0 Å². The van der Waals surface area contributed by atoms with Gasteiger partial charge in [-0.2, -0.15) is 12.7 Å². The molecule has 7 heteroatoms. The average molecular weight is 314 g/mol. The Balaban J connectivity index is 2.83. The van der Waals surface area contributed by atoms with E-state index < -0.39 is 16.2 Å². The SMILES string of the molecule is COC(=O)CCN(C)S(=O)(=O)Nc1ccccc1C(C)C. The zero-order valence-corrected chi connectivity index (χ0v) is 13.6. The molecule has 0 fully saturated rings. The number of hydrogen-bond donors (Lipinski definition) is 1. The van der Waals surface area contributed by atoms with E-state index in [1.54, 1.807) is 12.1 Å². The molecule has 0 unspecified atom stereocenters. The Morgan fingerprint density at radius 3 is 2.52 bits per heavy atom. The van der Waals surface area contributed by atoms with E-state index in [1.165, 1.54) is 14.2 Å². The van der Waals surface area contributed by atoms with Crippen LogP contribution in [-0.4, -0.2) is 39.4 Å². The van der Waals surface area contributed by atoms with Crippen molar-refractivity contribution < 1.29 is 17.9 Å². The Kier molecular flexibility index (Phi) is 6.17. The number of rotatable bonds is 7. The lowest BCUT2D eigenvalue weighted by Crippen LogP contribution is -2.34. The zero-order valence-electron chi connectivity index (χ0n) is 12.8. The first-order valence-electron chi connectivity index (χ1n) is 6.67. The number of esters is 1. The van der Waals surface area contributed by atoms with Crippen LogP contribution < -0.4 is 4.72 Å². The molecule has 0 aliphatic rings. The first-order valence-corrected chi connectivity index (χ1v) is 8.11. The van der Waals surface area contributed by atoms with Gasteiger partial charge in [-0.05, 0) is 17.5 Å². The first-order chi connectivity index (χ1) is 9.77. The summed E-state index contributed by atoms with van der Waals surface area (Å²) in [6, 6.07) is 7.25. The second kappa shape index (κ2) is 7.42. The summed E-state index contributed by atoms with van der Waals surface area (Å²) in [7, 11) is -1.01. The minimum atomic E-state index is -3.70. The number of carbonyl (C=O) groups excluding carboxylic acids is 1. The first kappa shape index (κ1) is 17.5. The van der Waals surface area contributed by atoms with E-state index in [9.17, 15) is 13.2 Å². The summed E-state index contributed by atoms with van der Waals surface area (Å²) in [5.41, 5.74) is 1.47. The monoisotopic (exact) mass is 314 g/mol. The smallest absolute Gasteiger partial charge is 0.306 e. The van der Waals surface area contributed by atoms with E-state index in [0.29, 0.717) is 5.69 Å². The summed E-state index contributed by atoms with van der Waals surface area (Å²) in [5.74, 6) is -0.246. The molecule has 118 valence electrons. The fraction of sp³-hybridized carbons (Fsp3) is 0.500. The Hall–Kier alpha value is -1.60. The van der Waals surface area contributed by atoms with Crippen LogP contribution in [0, 0.1) is 0 Å². The summed E-state index contributed by atoms with van der Waals surface area (Å²) in [5, 5.41) is 0. The third-order valence-corrected chi connectivity index (χ3v) is 4.57. The van der Waals surface area contributed by atoms with Crippen molar-refractivity contribution in [2.45, 2.75) is 26.2 Å². The number of nitrogens with zero attached hydrogens (tertiary/aromatic N) is 1. The van der Waals surface area contributed by atoms with Gasteiger partial charge >= 0.3 is 16.2 Å². The van der Waals surface area contributed by atoms with Crippen LogP contribution in [0.15, 0.2) is 24.3 Å². The van der Waals surface area contributed by atoms with Crippen molar-refractivity contribution in [3.05, 3.63) is 29.8 Å². The van der Waals surface area contributed by atoms with Crippen LogP contribution in [0.3, 0.4) is 0 Å². The molecule has 1 aromatic carbocycles. The molecule has 1 aromatic rings.